The summed E-state index contributed by atoms with van der Waals surface area (Å²) in [5.74, 6) is 0. The van der Waals surface area contributed by atoms with Crippen molar-refractivity contribution < 1.29 is 0 Å². The van der Waals surface area contributed by atoms with Gasteiger partial charge < -0.3 is 0 Å². The molecule has 0 aliphatic heterocycles. The molecule has 0 atom stereocenters. The Morgan fingerprint density at radius 3 is 2.62 bits per heavy atom. The van der Waals surface area contributed by atoms with E-state index in [1.807, 2.05) is 31.2 Å². The first kappa shape index (κ1) is 16.7. The average Bonchev–Trinajstić information content (AvgIpc) is 3.04. The van der Waals surface area contributed by atoms with Gasteiger partial charge in [0.2, 0.25) is 5.13 Å². The highest BCUT2D eigenvalue weighted by molar-refractivity contribution is 7.14. The third-order valence-corrected chi connectivity index (χ3v) is 4.75. The molecule has 3 aromatic rings. The minimum atomic E-state index is 0.720. The molecule has 1 heterocycles. The van der Waals surface area contributed by atoms with Crippen molar-refractivity contribution in [3.05, 3.63) is 69.6 Å². The van der Waals surface area contributed by atoms with Crippen molar-refractivity contribution in [2.24, 2.45) is 5.10 Å². The predicted molar refractivity (Wildman–Crippen MR) is 104 cm³/mol. The molecular formula is C19H18ClN3S. The minimum absolute atomic E-state index is 0.720. The number of hydrazone groups is 1. The maximum atomic E-state index is 5.91. The number of nitrogens with one attached hydrogen (secondary N) is 1. The minimum Gasteiger partial charge on any atom is -0.252 e. The Kier molecular flexibility index (Phi) is 4.97. The molecule has 5 heteroatoms. The summed E-state index contributed by atoms with van der Waals surface area (Å²) in [7, 11) is 0. The number of benzene rings is 2. The molecule has 0 unspecified atom stereocenters. The largest absolute Gasteiger partial charge is 0.252 e. The SMILES string of the molecule is C/C(=N\Nc1nc(-c2cc(C)ccc2C)cs1)c1ccc(Cl)cc1. The highest BCUT2D eigenvalue weighted by Crippen LogP contribution is 2.28. The lowest BCUT2D eigenvalue weighted by Crippen LogP contribution is -1.99. The fourth-order valence-electron chi connectivity index (χ4n) is 2.35. The standard InChI is InChI=1S/C19H18ClN3S/c1-12-4-5-13(2)17(10-12)18-11-24-19(21-18)23-22-14(3)15-6-8-16(20)9-7-15/h4-11H,1-3H3,(H,21,23)/b22-14+. The van der Waals surface area contributed by atoms with Crippen LogP contribution in [-0.2, 0) is 0 Å². The second-order valence-corrected chi connectivity index (χ2v) is 6.97. The summed E-state index contributed by atoms with van der Waals surface area (Å²) in [6, 6.07) is 14.0. The molecule has 3 rings (SSSR count). The lowest BCUT2D eigenvalue weighted by atomic mass is 10.0. The Bertz CT molecular complexity index is 882. The van der Waals surface area contributed by atoms with Crippen LogP contribution in [0.5, 0.6) is 0 Å². The number of rotatable bonds is 4. The van der Waals surface area contributed by atoms with Crippen molar-refractivity contribution in [2.45, 2.75) is 20.8 Å². The van der Waals surface area contributed by atoms with Gasteiger partial charge in [-0.25, -0.2) is 4.98 Å². The number of nitrogens with zero attached hydrogens (tertiary/aromatic N) is 2. The second-order valence-electron chi connectivity index (χ2n) is 5.67. The van der Waals surface area contributed by atoms with Gasteiger partial charge in [0.25, 0.3) is 0 Å². The molecule has 122 valence electrons. The van der Waals surface area contributed by atoms with E-state index in [0.717, 1.165) is 32.7 Å². The monoisotopic (exact) mass is 355 g/mol. The van der Waals surface area contributed by atoms with Gasteiger partial charge in [-0.15, -0.1) is 11.3 Å². The van der Waals surface area contributed by atoms with Crippen LogP contribution in [0.2, 0.25) is 5.02 Å². The molecule has 0 aliphatic carbocycles. The smallest absolute Gasteiger partial charge is 0.203 e. The van der Waals surface area contributed by atoms with Crippen molar-refractivity contribution >= 4 is 33.8 Å². The fourth-order valence-corrected chi connectivity index (χ4v) is 3.13. The van der Waals surface area contributed by atoms with Crippen LogP contribution < -0.4 is 5.43 Å². The van der Waals surface area contributed by atoms with E-state index < -0.39 is 0 Å². The van der Waals surface area contributed by atoms with Gasteiger partial charge in [-0.2, -0.15) is 5.10 Å². The van der Waals surface area contributed by atoms with Gasteiger partial charge >= 0.3 is 0 Å². The van der Waals surface area contributed by atoms with E-state index in [1.165, 1.54) is 11.1 Å². The molecule has 0 saturated carbocycles. The molecule has 2 aromatic carbocycles. The molecule has 3 nitrogen and oxygen atoms in total. The first-order valence-corrected chi connectivity index (χ1v) is 8.88. The van der Waals surface area contributed by atoms with Gasteiger partial charge in [0.05, 0.1) is 11.4 Å². The number of hydrogen-bond acceptors (Lipinski definition) is 4. The molecule has 0 amide bonds. The van der Waals surface area contributed by atoms with Crippen molar-refractivity contribution in [3.63, 3.8) is 0 Å². The second kappa shape index (κ2) is 7.16. The summed E-state index contributed by atoms with van der Waals surface area (Å²) < 4.78 is 0. The van der Waals surface area contributed by atoms with Crippen LogP contribution >= 0.6 is 22.9 Å². The van der Waals surface area contributed by atoms with Crippen molar-refractivity contribution in [2.75, 3.05) is 5.43 Å². The summed E-state index contributed by atoms with van der Waals surface area (Å²) in [6.45, 7) is 6.15. The molecule has 0 aliphatic rings. The number of hydrogen-bond donors (Lipinski definition) is 1. The summed E-state index contributed by atoms with van der Waals surface area (Å²) in [5, 5.41) is 7.96. The van der Waals surface area contributed by atoms with Crippen molar-refractivity contribution in [1.82, 2.24) is 4.98 Å². The Labute approximate surface area is 151 Å². The van der Waals surface area contributed by atoms with E-state index in [1.54, 1.807) is 11.3 Å². The number of halogens is 1. The van der Waals surface area contributed by atoms with E-state index in [0.29, 0.717) is 0 Å². The lowest BCUT2D eigenvalue weighted by Gasteiger charge is -2.04. The van der Waals surface area contributed by atoms with E-state index in [4.69, 9.17) is 11.6 Å². The van der Waals surface area contributed by atoms with Gasteiger partial charge in [0, 0.05) is 16.0 Å². The molecule has 0 saturated heterocycles. The van der Waals surface area contributed by atoms with Gasteiger partial charge in [-0.1, -0.05) is 41.4 Å². The first-order chi connectivity index (χ1) is 11.5. The number of thiazole rings is 1. The van der Waals surface area contributed by atoms with Gasteiger partial charge in [-0.05, 0) is 50.1 Å². The molecular weight excluding hydrogens is 338 g/mol. The lowest BCUT2D eigenvalue weighted by molar-refractivity contribution is 1.26. The highest BCUT2D eigenvalue weighted by atomic mass is 35.5. The third-order valence-electron chi connectivity index (χ3n) is 3.75. The molecule has 0 radical (unpaired) electrons. The molecule has 0 fully saturated rings. The third kappa shape index (κ3) is 3.83. The summed E-state index contributed by atoms with van der Waals surface area (Å²) in [4.78, 5) is 4.64. The fraction of sp³-hybridized carbons (Fsp3) is 0.158. The van der Waals surface area contributed by atoms with E-state index in [2.05, 4.69) is 52.9 Å². The topological polar surface area (TPSA) is 37.3 Å². The van der Waals surface area contributed by atoms with Crippen LogP contribution in [0.15, 0.2) is 52.9 Å². The van der Waals surface area contributed by atoms with Gasteiger partial charge in [0.15, 0.2) is 0 Å². The quantitative estimate of drug-likeness (QED) is 0.466. The highest BCUT2D eigenvalue weighted by Gasteiger charge is 2.07. The zero-order chi connectivity index (χ0) is 17.1. The average molecular weight is 356 g/mol. The maximum absolute atomic E-state index is 5.91. The van der Waals surface area contributed by atoms with Crippen LogP contribution in [0.25, 0.3) is 11.3 Å². The molecule has 1 aromatic heterocycles. The Morgan fingerprint density at radius 2 is 1.88 bits per heavy atom. The number of aryl methyl sites for hydroxylation is 2. The normalized spacial score (nSPS) is 11.6. The Morgan fingerprint density at radius 1 is 1.12 bits per heavy atom. The summed E-state index contributed by atoms with van der Waals surface area (Å²) >= 11 is 7.46. The molecule has 0 spiro atoms. The Hall–Kier alpha value is -2.17. The van der Waals surface area contributed by atoms with E-state index in [9.17, 15) is 0 Å². The van der Waals surface area contributed by atoms with E-state index >= 15 is 0 Å². The molecule has 24 heavy (non-hydrogen) atoms. The van der Waals surface area contributed by atoms with E-state index in [-0.39, 0.29) is 0 Å². The first-order valence-electron chi connectivity index (χ1n) is 7.62. The van der Waals surface area contributed by atoms with Crippen molar-refractivity contribution in [3.8, 4) is 11.3 Å². The van der Waals surface area contributed by atoms with Crippen LogP contribution in [0.1, 0.15) is 23.6 Å². The maximum Gasteiger partial charge on any atom is 0.203 e. The predicted octanol–water partition coefficient (Wildman–Crippen LogP) is 5.92. The zero-order valence-electron chi connectivity index (χ0n) is 13.8. The van der Waals surface area contributed by atoms with Crippen LogP contribution in [-0.4, -0.2) is 10.7 Å². The van der Waals surface area contributed by atoms with Crippen molar-refractivity contribution in [1.29, 1.82) is 0 Å². The summed E-state index contributed by atoms with van der Waals surface area (Å²) in [5.41, 5.74) is 9.55. The van der Waals surface area contributed by atoms with Crippen LogP contribution in [0, 0.1) is 13.8 Å². The zero-order valence-corrected chi connectivity index (χ0v) is 15.4. The van der Waals surface area contributed by atoms with Crippen LogP contribution in [0.4, 0.5) is 5.13 Å². The molecule has 0 bridgehead atoms. The van der Waals surface area contributed by atoms with Gasteiger partial charge in [-0.3, -0.25) is 5.43 Å². The van der Waals surface area contributed by atoms with Gasteiger partial charge in [0.1, 0.15) is 0 Å². The number of anilines is 1. The van der Waals surface area contributed by atoms with Crippen LogP contribution in [0.3, 0.4) is 0 Å². The number of aromatic nitrogens is 1. The Balaban J connectivity index is 1.77. The summed E-state index contributed by atoms with van der Waals surface area (Å²) in [6.07, 6.45) is 0. The molecule has 1 N–H and O–H groups in total.